The summed E-state index contributed by atoms with van der Waals surface area (Å²) in [5.41, 5.74) is 4.44. The van der Waals surface area contributed by atoms with Gasteiger partial charge < -0.3 is 4.74 Å². The van der Waals surface area contributed by atoms with Crippen LogP contribution in [0.1, 0.15) is 17.3 Å². The van der Waals surface area contributed by atoms with Crippen LogP contribution in [0.15, 0.2) is 30.5 Å². The Morgan fingerprint density at radius 1 is 1.38 bits per heavy atom. The lowest BCUT2D eigenvalue weighted by Crippen LogP contribution is -2.29. The highest BCUT2D eigenvalue weighted by atomic mass is 16.5. The first-order valence-corrected chi connectivity index (χ1v) is 4.81. The molecule has 0 aliphatic rings. The summed E-state index contributed by atoms with van der Waals surface area (Å²) < 4.78 is 5.09. The molecule has 16 heavy (non-hydrogen) atoms. The normalized spacial score (nSPS) is 12.4. The van der Waals surface area contributed by atoms with E-state index in [1.54, 1.807) is 13.3 Å². The topological polar surface area (TPSA) is 88.9 Å². The van der Waals surface area contributed by atoms with E-state index in [0.29, 0.717) is 0 Å². The Bertz CT molecular complexity index is 425. The molecule has 2 rings (SSSR count). The monoisotopic (exact) mass is 219 g/mol. The average Bonchev–Trinajstić information content (AvgIpc) is 2.85. The summed E-state index contributed by atoms with van der Waals surface area (Å²) in [5.74, 6) is 6.31. The number of hydrazine groups is 1. The fourth-order valence-corrected chi connectivity index (χ4v) is 1.50. The van der Waals surface area contributed by atoms with Gasteiger partial charge in [0.25, 0.3) is 0 Å². The maximum absolute atomic E-state index is 5.50. The van der Waals surface area contributed by atoms with Gasteiger partial charge in [-0.15, -0.1) is 0 Å². The third kappa shape index (κ3) is 2.02. The van der Waals surface area contributed by atoms with Gasteiger partial charge in [0.2, 0.25) is 0 Å². The maximum atomic E-state index is 5.50. The van der Waals surface area contributed by atoms with Crippen LogP contribution in [-0.4, -0.2) is 22.5 Å². The van der Waals surface area contributed by atoms with E-state index < -0.39 is 0 Å². The number of benzene rings is 1. The summed E-state index contributed by atoms with van der Waals surface area (Å²) in [6.07, 6.45) is 1.63. The van der Waals surface area contributed by atoms with Gasteiger partial charge in [-0.3, -0.25) is 5.84 Å². The number of aromatic amines is 1. The highest BCUT2D eigenvalue weighted by Crippen LogP contribution is 2.21. The largest absolute Gasteiger partial charge is 0.497 e. The molecule has 1 heterocycles. The Hall–Kier alpha value is -1.92. The van der Waals surface area contributed by atoms with Crippen molar-refractivity contribution in [3.63, 3.8) is 0 Å². The molecule has 6 nitrogen and oxygen atoms in total. The second kappa shape index (κ2) is 4.73. The Morgan fingerprint density at radius 2 is 2.12 bits per heavy atom. The van der Waals surface area contributed by atoms with Gasteiger partial charge in [-0.1, -0.05) is 12.1 Å². The second-order valence-electron chi connectivity index (χ2n) is 3.27. The molecule has 0 bridgehead atoms. The van der Waals surface area contributed by atoms with Gasteiger partial charge in [0.05, 0.1) is 19.3 Å². The van der Waals surface area contributed by atoms with Crippen LogP contribution in [0.2, 0.25) is 0 Å². The summed E-state index contributed by atoms with van der Waals surface area (Å²) in [7, 11) is 1.63. The molecule has 6 heteroatoms. The molecule has 0 radical (unpaired) electrons. The summed E-state index contributed by atoms with van der Waals surface area (Å²) in [6.45, 7) is 0. The lowest BCUT2D eigenvalue weighted by Gasteiger charge is -2.13. The number of ether oxygens (including phenoxy) is 1. The van der Waals surface area contributed by atoms with Crippen molar-refractivity contribution in [1.29, 1.82) is 0 Å². The standard InChI is InChI=1S/C10H13N5O/c1-16-8-4-2-7(3-5-8)10(13-11)9-6-12-15-14-9/h2-6,10,13H,11H2,1H3,(H,12,14,15). The van der Waals surface area contributed by atoms with E-state index in [1.807, 2.05) is 24.3 Å². The van der Waals surface area contributed by atoms with Gasteiger partial charge in [-0.05, 0) is 17.7 Å². The number of H-pyrrole nitrogens is 1. The van der Waals surface area contributed by atoms with Gasteiger partial charge in [0.1, 0.15) is 11.4 Å². The molecule has 1 atom stereocenters. The molecule has 0 saturated heterocycles. The molecule has 84 valence electrons. The zero-order valence-electron chi connectivity index (χ0n) is 8.84. The van der Waals surface area contributed by atoms with Crippen molar-refractivity contribution in [2.45, 2.75) is 6.04 Å². The Balaban J connectivity index is 2.27. The molecular weight excluding hydrogens is 206 g/mol. The molecule has 4 N–H and O–H groups in total. The van der Waals surface area contributed by atoms with E-state index in [2.05, 4.69) is 20.8 Å². The van der Waals surface area contributed by atoms with E-state index in [9.17, 15) is 0 Å². The Morgan fingerprint density at radius 3 is 2.62 bits per heavy atom. The highest BCUT2D eigenvalue weighted by Gasteiger charge is 2.14. The van der Waals surface area contributed by atoms with Crippen molar-refractivity contribution >= 4 is 0 Å². The minimum absolute atomic E-state index is 0.176. The molecule has 0 aliphatic heterocycles. The van der Waals surface area contributed by atoms with Gasteiger partial charge in [0, 0.05) is 0 Å². The molecular formula is C10H13N5O. The number of nitrogens with one attached hydrogen (secondary N) is 2. The van der Waals surface area contributed by atoms with Crippen LogP contribution < -0.4 is 16.0 Å². The third-order valence-corrected chi connectivity index (χ3v) is 2.35. The molecule has 0 amide bonds. The van der Waals surface area contributed by atoms with Gasteiger partial charge in [-0.2, -0.15) is 15.4 Å². The van der Waals surface area contributed by atoms with Crippen LogP contribution in [0.4, 0.5) is 0 Å². The van der Waals surface area contributed by atoms with Crippen molar-refractivity contribution in [2.24, 2.45) is 5.84 Å². The van der Waals surface area contributed by atoms with Gasteiger partial charge in [-0.25, -0.2) is 5.43 Å². The van der Waals surface area contributed by atoms with Crippen molar-refractivity contribution < 1.29 is 4.74 Å². The lowest BCUT2D eigenvalue weighted by atomic mass is 10.1. The highest BCUT2D eigenvalue weighted by molar-refractivity contribution is 5.32. The van der Waals surface area contributed by atoms with Crippen LogP contribution in [0, 0.1) is 0 Å². The lowest BCUT2D eigenvalue weighted by molar-refractivity contribution is 0.414. The van der Waals surface area contributed by atoms with Crippen molar-refractivity contribution in [3.8, 4) is 5.75 Å². The van der Waals surface area contributed by atoms with Crippen LogP contribution in [-0.2, 0) is 0 Å². The molecule has 2 aromatic rings. The van der Waals surface area contributed by atoms with E-state index in [4.69, 9.17) is 10.6 Å². The second-order valence-corrected chi connectivity index (χ2v) is 3.27. The zero-order valence-corrected chi connectivity index (χ0v) is 8.84. The van der Waals surface area contributed by atoms with Crippen molar-refractivity contribution in [2.75, 3.05) is 7.11 Å². The smallest absolute Gasteiger partial charge is 0.118 e. The molecule has 0 aliphatic carbocycles. The molecule has 1 unspecified atom stereocenters. The number of hydrogen-bond acceptors (Lipinski definition) is 5. The molecule has 1 aromatic heterocycles. The third-order valence-electron chi connectivity index (χ3n) is 2.35. The minimum atomic E-state index is -0.176. The summed E-state index contributed by atoms with van der Waals surface area (Å²) in [5, 5.41) is 10.3. The number of nitrogens with zero attached hydrogens (tertiary/aromatic N) is 2. The molecule has 0 spiro atoms. The van der Waals surface area contributed by atoms with Crippen LogP contribution in [0.5, 0.6) is 5.75 Å². The summed E-state index contributed by atoms with van der Waals surface area (Å²) in [4.78, 5) is 0. The molecule has 0 saturated carbocycles. The predicted octanol–water partition coefficient (Wildman–Crippen LogP) is 0.366. The van der Waals surface area contributed by atoms with E-state index in [0.717, 1.165) is 17.0 Å². The first-order chi connectivity index (χ1) is 7.85. The maximum Gasteiger partial charge on any atom is 0.118 e. The predicted molar refractivity (Wildman–Crippen MR) is 58.5 cm³/mol. The number of methoxy groups -OCH3 is 1. The summed E-state index contributed by atoms with van der Waals surface area (Å²) in [6, 6.07) is 7.43. The first-order valence-electron chi connectivity index (χ1n) is 4.81. The fourth-order valence-electron chi connectivity index (χ4n) is 1.50. The van der Waals surface area contributed by atoms with Crippen LogP contribution in [0.25, 0.3) is 0 Å². The van der Waals surface area contributed by atoms with Gasteiger partial charge in [0.15, 0.2) is 0 Å². The van der Waals surface area contributed by atoms with Crippen LogP contribution in [0.3, 0.4) is 0 Å². The fraction of sp³-hybridized carbons (Fsp3) is 0.200. The summed E-state index contributed by atoms with van der Waals surface area (Å²) >= 11 is 0. The quantitative estimate of drug-likeness (QED) is 0.510. The zero-order chi connectivity index (χ0) is 11.4. The van der Waals surface area contributed by atoms with E-state index in [1.165, 1.54) is 0 Å². The van der Waals surface area contributed by atoms with E-state index in [-0.39, 0.29) is 6.04 Å². The number of aromatic nitrogens is 3. The van der Waals surface area contributed by atoms with Crippen molar-refractivity contribution in [1.82, 2.24) is 20.8 Å². The molecule has 0 fully saturated rings. The minimum Gasteiger partial charge on any atom is -0.497 e. The Labute approximate surface area is 92.8 Å². The number of rotatable bonds is 4. The SMILES string of the molecule is COc1ccc(C(NN)c2cn[nH]n2)cc1. The first kappa shape index (κ1) is 10.6. The Kier molecular flexibility index (Phi) is 3.13. The molecule has 1 aromatic carbocycles. The number of hydrogen-bond donors (Lipinski definition) is 3. The van der Waals surface area contributed by atoms with E-state index >= 15 is 0 Å². The van der Waals surface area contributed by atoms with Crippen LogP contribution >= 0.6 is 0 Å². The van der Waals surface area contributed by atoms with Gasteiger partial charge >= 0.3 is 0 Å². The number of nitrogens with two attached hydrogens (primary N) is 1. The van der Waals surface area contributed by atoms with Crippen molar-refractivity contribution in [3.05, 3.63) is 41.7 Å². The average molecular weight is 219 g/mol.